The highest BCUT2D eigenvalue weighted by atomic mass is 32.2. The minimum atomic E-state index is -3.59. The summed E-state index contributed by atoms with van der Waals surface area (Å²) >= 11 is 0. The quantitative estimate of drug-likeness (QED) is 0.607. The molecule has 1 saturated heterocycles. The Balaban J connectivity index is 1.38. The molecular weight excluding hydrogens is 421 g/mol. The van der Waals surface area contributed by atoms with E-state index in [-0.39, 0.29) is 37.8 Å². The number of carbonyl (C=O) groups excluding carboxylic acids is 1. The normalized spacial score (nSPS) is 15.5. The van der Waals surface area contributed by atoms with E-state index in [4.69, 9.17) is 4.52 Å². The van der Waals surface area contributed by atoms with Crippen LogP contribution in [0.15, 0.2) is 70.6 Å². The number of halogens is 1. The first-order valence-electron chi connectivity index (χ1n) is 9.67. The summed E-state index contributed by atoms with van der Waals surface area (Å²) in [5, 5.41) is 5.03. The second kappa shape index (κ2) is 8.83. The van der Waals surface area contributed by atoms with Crippen LogP contribution in [0.25, 0.3) is 17.3 Å². The average molecular weight is 441 g/mol. The fourth-order valence-electron chi connectivity index (χ4n) is 3.28. The van der Waals surface area contributed by atoms with E-state index < -0.39 is 15.8 Å². The van der Waals surface area contributed by atoms with Gasteiger partial charge in [-0.25, -0.2) is 12.8 Å². The molecule has 0 atom stereocenters. The molecule has 2 heterocycles. The molecule has 7 nitrogen and oxygen atoms in total. The molecular formula is C22H20FN3O4S. The predicted octanol–water partition coefficient (Wildman–Crippen LogP) is 3.24. The van der Waals surface area contributed by atoms with E-state index in [0.29, 0.717) is 11.3 Å². The van der Waals surface area contributed by atoms with Crippen molar-refractivity contribution in [3.8, 4) is 11.3 Å². The summed E-state index contributed by atoms with van der Waals surface area (Å²) in [5.41, 5.74) is 1.65. The minimum Gasteiger partial charge on any atom is -0.350 e. The molecule has 4 rings (SSSR count). The number of benzene rings is 2. The molecule has 0 aliphatic carbocycles. The maximum atomic E-state index is 13.4. The van der Waals surface area contributed by atoms with E-state index in [0.717, 1.165) is 5.56 Å². The number of aromatic nitrogens is 1. The Morgan fingerprint density at radius 2 is 1.74 bits per heavy atom. The zero-order valence-electron chi connectivity index (χ0n) is 16.5. The summed E-state index contributed by atoms with van der Waals surface area (Å²) in [4.78, 5) is 14.2. The Kier molecular flexibility index (Phi) is 5.97. The van der Waals surface area contributed by atoms with E-state index in [1.54, 1.807) is 18.2 Å². The third-order valence-corrected chi connectivity index (χ3v) is 6.52. The second-order valence-corrected chi connectivity index (χ2v) is 8.85. The van der Waals surface area contributed by atoms with Crippen LogP contribution in [0.1, 0.15) is 16.1 Å². The third-order valence-electron chi connectivity index (χ3n) is 4.96. The summed E-state index contributed by atoms with van der Waals surface area (Å²) in [5.74, 6) is -0.765. The van der Waals surface area contributed by atoms with Crippen LogP contribution in [0.4, 0.5) is 4.39 Å². The van der Waals surface area contributed by atoms with Gasteiger partial charge in [0.05, 0.1) is 0 Å². The zero-order chi connectivity index (χ0) is 21.8. The fraction of sp³-hybridized carbons (Fsp3) is 0.182. The monoisotopic (exact) mass is 441 g/mol. The Bertz CT molecular complexity index is 1200. The molecule has 3 aromatic rings. The lowest BCUT2D eigenvalue weighted by molar-refractivity contribution is 0.0657. The lowest BCUT2D eigenvalue weighted by Gasteiger charge is -2.32. The van der Waals surface area contributed by atoms with Crippen molar-refractivity contribution >= 4 is 22.0 Å². The van der Waals surface area contributed by atoms with Gasteiger partial charge in [-0.2, -0.15) is 4.31 Å². The van der Waals surface area contributed by atoms with Crippen molar-refractivity contribution < 1.29 is 22.1 Å². The molecule has 0 N–H and O–H groups in total. The van der Waals surface area contributed by atoms with E-state index in [9.17, 15) is 17.6 Å². The number of carbonyl (C=O) groups is 1. The third kappa shape index (κ3) is 4.89. The zero-order valence-corrected chi connectivity index (χ0v) is 17.3. The fourth-order valence-corrected chi connectivity index (χ4v) is 4.45. The van der Waals surface area contributed by atoms with Crippen LogP contribution in [0.5, 0.6) is 0 Å². The van der Waals surface area contributed by atoms with Crippen molar-refractivity contribution in [3.63, 3.8) is 0 Å². The molecule has 1 fully saturated rings. The molecule has 0 saturated carbocycles. The smallest absolute Gasteiger partial charge is 0.292 e. The number of hydrogen-bond donors (Lipinski definition) is 0. The standard InChI is InChI=1S/C22H20FN3O4S/c23-19-8-4-7-18(15-19)20-16-21(30-24-20)22(27)25-10-12-26(13-11-25)31(28,29)14-9-17-5-2-1-3-6-17/h1-9,14-16H,10-13H2/b14-9+. The van der Waals surface area contributed by atoms with E-state index in [1.165, 1.54) is 32.8 Å². The van der Waals surface area contributed by atoms with Gasteiger partial charge in [0.1, 0.15) is 11.5 Å². The van der Waals surface area contributed by atoms with Crippen LogP contribution in [-0.4, -0.2) is 54.9 Å². The molecule has 1 aromatic heterocycles. The SMILES string of the molecule is O=C(c1cc(-c2cccc(F)c2)no1)N1CCN(S(=O)(=O)/C=C/c2ccccc2)CC1. The molecule has 2 aromatic carbocycles. The minimum absolute atomic E-state index is 0.0274. The van der Waals surface area contributed by atoms with Gasteiger partial charge in [0.15, 0.2) is 0 Å². The van der Waals surface area contributed by atoms with Crippen molar-refractivity contribution in [1.82, 2.24) is 14.4 Å². The predicted molar refractivity (Wildman–Crippen MR) is 114 cm³/mol. The van der Waals surface area contributed by atoms with Gasteiger partial charge in [-0.05, 0) is 23.8 Å². The number of hydrogen-bond acceptors (Lipinski definition) is 5. The topological polar surface area (TPSA) is 83.7 Å². The molecule has 1 aliphatic rings. The molecule has 160 valence electrons. The van der Waals surface area contributed by atoms with Crippen molar-refractivity contribution in [2.75, 3.05) is 26.2 Å². The first kappa shape index (κ1) is 21.0. The highest BCUT2D eigenvalue weighted by Crippen LogP contribution is 2.21. The van der Waals surface area contributed by atoms with E-state index >= 15 is 0 Å². The number of nitrogens with zero attached hydrogens (tertiary/aromatic N) is 3. The van der Waals surface area contributed by atoms with Crippen molar-refractivity contribution in [3.05, 3.63) is 83.2 Å². The van der Waals surface area contributed by atoms with Gasteiger partial charge in [0, 0.05) is 43.2 Å². The molecule has 0 bridgehead atoms. The highest BCUT2D eigenvalue weighted by molar-refractivity contribution is 7.92. The van der Waals surface area contributed by atoms with Crippen LogP contribution in [0.2, 0.25) is 0 Å². The van der Waals surface area contributed by atoms with Crippen LogP contribution < -0.4 is 0 Å². The first-order valence-corrected chi connectivity index (χ1v) is 11.2. The van der Waals surface area contributed by atoms with Crippen LogP contribution in [-0.2, 0) is 10.0 Å². The van der Waals surface area contributed by atoms with Crippen molar-refractivity contribution in [2.45, 2.75) is 0 Å². The highest BCUT2D eigenvalue weighted by Gasteiger charge is 2.29. The summed E-state index contributed by atoms with van der Waals surface area (Å²) in [6, 6.07) is 16.5. The van der Waals surface area contributed by atoms with Crippen molar-refractivity contribution in [1.29, 1.82) is 0 Å². The van der Waals surface area contributed by atoms with Gasteiger partial charge < -0.3 is 9.42 Å². The van der Waals surface area contributed by atoms with Gasteiger partial charge in [-0.15, -0.1) is 0 Å². The Hall–Kier alpha value is -3.30. The molecule has 0 unspecified atom stereocenters. The summed E-state index contributed by atoms with van der Waals surface area (Å²) < 4.78 is 45.0. The lowest BCUT2D eigenvalue weighted by Crippen LogP contribution is -2.50. The van der Waals surface area contributed by atoms with E-state index in [1.807, 2.05) is 30.3 Å². The Morgan fingerprint density at radius 3 is 2.45 bits per heavy atom. The lowest BCUT2D eigenvalue weighted by atomic mass is 10.1. The second-order valence-electron chi connectivity index (χ2n) is 7.04. The van der Waals surface area contributed by atoms with Gasteiger partial charge in [-0.3, -0.25) is 4.79 Å². The Labute approximate surface area is 179 Å². The summed E-state index contributed by atoms with van der Waals surface area (Å²) in [7, 11) is -3.59. The number of sulfonamides is 1. The van der Waals surface area contributed by atoms with Crippen LogP contribution in [0, 0.1) is 5.82 Å². The number of rotatable bonds is 5. The largest absolute Gasteiger partial charge is 0.350 e. The average Bonchev–Trinajstić information content (AvgIpc) is 3.28. The summed E-state index contributed by atoms with van der Waals surface area (Å²) in [6.07, 6.45) is 1.55. The number of amides is 1. The van der Waals surface area contributed by atoms with E-state index in [2.05, 4.69) is 5.16 Å². The maximum Gasteiger partial charge on any atom is 0.292 e. The van der Waals surface area contributed by atoms with Gasteiger partial charge in [0.25, 0.3) is 5.91 Å². The molecule has 1 amide bonds. The van der Waals surface area contributed by atoms with Gasteiger partial charge in [-0.1, -0.05) is 47.6 Å². The molecule has 31 heavy (non-hydrogen) atoms. The van der Waals surface area contributed by atoms with Gasteiger partial charge >= 0.3 is 0 Å². The maximum absolute atomic E-state index is 13.4. The van der Waals surface area contributed by atoms with Crippen LogP contribution in [0.3, 0.4) is 0 Å². The molecule has 9 heteroatoms. The molecule has 0 radical (unpaired) electrons. The summed E-state index contributed by atoms with van der Waals surface area (Å²) in [6.45, 7) is 0.816. The van der Waals surface area contributed by atoms with Crippen LogP contribution >= 0.6 is 0 Å². The molecule has 0 spiro atoms. The first-order chi connectivity index (χ1) is 14.9. The van der Waals surface area contributed by atoms with Gasteiger partial charge in [0.2, 0.25) is 15.8 Å². The Morgan fingerprint density at radius 1 is 1.00 bits per heavy atom. The van der Waals surface area contributed by atoms with Crippen molar-refractivity contribution in [2.24, 2.45) is 0 Å². The number of piperazine rings is 1. The molecule has 1 aliphatic heterocycles.